The Labute approximate surface area is 183 Å². The molecule has 9 heteroatoms. The first-order valence-electron chi connectivity index (χ1n) is 9.05. The van der Waals surface area contributed by atoms with Crippen molar-refractivity contribution < 1.29 is 24.1 Å². The van der Waals surface area contributed by atoms with Crippen LogP contribution in [0.25, 0.3) is 0 Å². The number of ether oxygens (including phenoxy) is 3. The highest BCUT2D eigenvalue weighted by Crippen LogP contribution is 2.37. The SMILES string of the molecule is CCOc1cc(C2NC(C(=O)O)CS2)ccc1OCCOc1cc(Cl)ccc1Cl. The molecule has 0 saturated carbocycles. The molecule has 2 atom stereocenters. The standard InChI is InChI=1S/C20H21Cl2NO5S/c1-2-26-18-9-12(19-23-15(11-29-19)20(24)25)3-6-16(18)27-7-8-28-17-10-13(21)4-5-14(17)22/h3-6,9-10,15,19,23H,2,7-8,11H2,1H3,(H,24,25). The third-order valence-corrected chi connectivity index (χ3v) is 5.96. The number of aliphatic carboxylic acids is 1. The lowest BCUT2D eigenvalue weighted by Gasteiger charge is -2.17. The van der Waals surface area contributed by atoms with E-state index in [4.69, 9.17) is 42.5 Å². The van der Waals surface area contributed by atoms with Gasteiger partial charge in [0.15, 0.2) is 11.5 Å². The zero-order chi connectivity index (χ0) is 20.8. The van der Waals surface area contributed by atoms with Gasteiger partial charge in [0, 0.05) is 16.8 Å². The molecule has 0 spiro atoms. The van der Waals surface area contributed by atoms with Gasteiger partial charge < -0.3 is 19.3 Å². The predicted octanol–water partition coefficient (Wildman–Crippen LogP) is 4.64. The Morgan fingerprint density at radius 2 is 1.86 bits per heavy atom. The van der Waals surface area contributed by atoms with E-state index < -0.39 is 12.0 Å². The molecule has 0 radical (unpaired) electrons. The van der Waals surface area contributed by atoms with Gasteiger partial charge in [0.25, 0.3) is 0 Å². The monoisotopic (exact) mass is 457 g/mol. The topological polar surface area (TPSA) is 77.0 Å². The zero-order valence-corrected chi connectivity index (χ0v) is 18.0. The molecule has 6 nitrogen and oxygen atoms in total. The Balaban J connectivity index is 1.60. The number of nitrogens with one attached hydrogen (secondary N) is 1. The molecule has 2 N–H and O–H groups in total. The number of halogens is 2. The third-order valence-electron chi connectivity index (χ3n) is 4.14. The molecule has 29 heavy (non-hydrogen) atoms. The minimum Gasteiger partial charge on any atom is -0.490 e. The summed E-state index contributed by atoms with van der Waals surface area (Å²) in [5.41, 5.74) is 0.941. The Bertz CT molecular complexity index is 867. The molecule has 0 aromatic heterocycles. The molecule has 2 aromatic rings. The maximum absolute atomic E-state index is 11.1. The number of carbonyl (C=O) groups is 1. The first-order chi connectivity index (χ1) is 14.0. The Kier molecular flexibility index (Phi) is 7.77. The second-order valence-corrected chi connectivity index (χ2v) is 8.16. The summed E-state index contributed by atoms with van der Waals surface area (Å²) in [6.45, 7) is 2.95. The maximum atomic E-state index is 11.1. The van der Waals surface area contributed by atoms with Crippen LogP contribution >= 0.6 is 35.0 Å². The highest BCUT2D eigenvalue weighted by atomic mass is 35.5. The van der Waals surface area contributed by atoms with Crippen LogP contribution in [0.3, 0.4) is 0 Å². The molecule has 2 unspecified atom stereocenters. The second kappa shape index (κ2) is 10.3. The van der Waals surface area contributed by atoms with Crippen molar-refractivity contribution in [3.05, 3.63) is 52.0 Å². The summed E-state index contributed by atoms with van der Waals surface area (Å²) in [7, 11) is 0. The van der Waals surface area contributed by atoms with Gasteiger partial charge in [-0.1, -0.05) is 29.3 Å². The Morgan fingerprint density at radius 3 is 2.55 bits per heavy atom. The van der Waals surface area contributed by atoms with Crippen molar-refractivity contribution in [2.75, 3.05) is 25.6 Å². The van der Waals surface area contributed by atoms with Crippen LogP contribution < -0.4 is 19.5 Å². The lowest BCUT2D eigenvalue weighted by molar-refractivity contribution is -0.138. The Hall–Kier alpha value is -1.80. The van der Waals surface area contributed by atoms with Crippen molar-refractivity contribution >= 4 is 40.9 Å². The molecule has 0 amide bonds. The van der Waals surface area contributed by atoms with Gasteiger partial charge in [-0.05, 0) is 36.8 Å². The largest absolute Gasteiger partial charge is 0.490 e. The van der Waals surface area contributed by atoms with Crippen molar-refractivity contribution in [2.45, 2.75) is 18.3 Å². The molecule has 1 saturated heterocycles. The van der Waals surface area contributed by atoms with Gasteiger partial charge in [0.1, 0.15) is 25.0 Å². The fourth-order valence-corrected chi connectivity index (χ4v) is 4.33. The van der Waals surface area contributed by atoms with Gasteiger partial charge in [-0.2, -0.15) is 0 Å². The summed E-state index contributed by atoms with van der Waals surface area (Å²) in [6, 6.07) is 10.1. The van der Waals surface area contributed by atoms with E-state index in [9.17, 15) is 4.79 Å². The summed E-state index contributed by atoms with van der Waals surface area (Å²) in [5, 5.41) is 13.2. The average molecular weight is 458 g/mol. The van der Waals surface area contributed by atoms with Crippen LogP contribution in [0.4, 0.5) is 0 Å². The van der Waals surface area contributed by atoms with E-state index in [1.54, 1.807) is 30.0 Å². The van der Waals surface area contributed by atoms with Gasteiger partial charge in [0.05, 0.1) is 17.0 Å². The molecule has 0 aliphatic carbocycles. The first kappa shape index (κ1) is 21.9. The number of hydrogen-bond acceptors (Lipinski definition) is 6. The van der Waals surface area contributed by atoms with Gasteiger partial charge in [0.2, 0.25) is 0 Å². The van der Waals surface area contributed by atoms with Crippen molar-refractivity contribution in [2.24, 2.45) is 0 Å². The number of carboxylic acid groups (broad SMARTS) is 1. The molecule has 1 fully saturated rings. The summed E-state index contributed by atoms with van der Waals surface area (Å²) >= 11 is 13.6. The van der Waals surface area contributed by atoms with E-state index in [2.05, 4.69) is 5.32 Å². The molecular weight excluding hydrogens is 437 g/mol. The fourth-order valence-electron chi connectivity index (χ4n) is 2.77. The highest BCUT2D eigenvalue weighted by molar-refractivity contribution is 7.99. The number of hydrogen-bond donors (Lipinski definition) is 2. The average Bonchev–Trinajstić information content (AvgIpc) is 3.19. The lowest BCUT2D eigenvalue weighted by atomic mass is 10.2. The molecular formula is C20H21Cl2NO5S. The van der Waals surface area contributed by atoms with Gasteiger partial charge in [-0.25, -0.2) is 0 Å². The van der Waals surface area contributed by atoms with Gasteiger partial charge in [-0.3, -0.25) is 10.1 Å². The number of carboxylic acids is 1. The van der Waals surface area contributed by atoms with E-state index >= 15 is 0 Å². The fraction of sp³-hybridized carbons (Fsp3) is 0.350. The van der Waals surface area contributed by atoms with E-state index in [0.717, 1.165) is 5.56 Å². The first-order valence-corrected chi connectivity index (χ1v) is 10.9. The lowest BCUT2D eigenvalue weighted by Crippen LogP contribution is -2.33. The quantitative estimate of drug-likeness (QED) is 0.531. The van der Waals surface area contributed by atoms with Gasteiger partial charge >= 0.3 is 5.97 Å². The predicted molar refractivity (Wildman–Crippen MR) is 115 cm³/mol. The highest BCUT2D eigenvalue weighted by Gasteiger charge is 2.30. The molecule has 1 aliphatic rings. The van der Waals surface area contributed by atoms with Crippen LogP contribution in [-0.2, 0) is 4.79 Å². The van der Waals surface area contributed by atoms with Crippen LogP contribution in [0, 0.1) is 0 Å². The number of rotatable bonds is 9. The minimum absolute atomic E-state index is 0.0994. The van der Waals surface area contributed by atoms with Gasteiger partial charge in [-0.15, -0.1) is 11.8 Å². The molecule has 3 rings (SSSR count). The normalized spacial score (nSPS) is 18.4. The minimum atomic E-state index is -0.843. The van der Waals surface area contributed by atoms with Crippen molar-refractivity contribution in [1.82, 2.24) is 5.32 Å². The molecule has 1 aliphatic heterocycles. The summed E-state index contributed by atoms with van der Waals surface area (Å²) in [6.07, 6.45) is 0. The van der Waals surface area contributed by atoms with Crippen LogP contribution in [0.2, 0.25) is 10.0 Å². The smallest absolute Gasteiger partial charge is 0.321 e. The van der Waals surface area contributed by atoms with E-state index in [0.29, 0.717) is 46.3 Å². The third kappa shape index (κ3) is 5.85. The maximum Gasteiger partial charge on any atom is 0.321 e. The van der Waals surface area contributed by atoms with E-state index in [1.807, 2.05) is 25.1 Å². The van der Waals surface area contributed by atoms with E-state index in [1.165, 1.54) is 0 Å². The summed E-state index contributed by atoms with van der Waals surface area (Å²) in [4.78, 5) is 11.1. The van der Waals surface area contributed by atoms with Crippen LogP contribution in [0.1, 0.15) is 17.9 Å². The van der Waals surface area contributed by atoms with Crippen molar-refractivity contribution in [1.29, 1.82) is 0 Å². The zero-order valence-electron chi connectivity index (χ0n) is 15.7. The van der Waals surface area contributed by atoms with Crippen molar-refractivity contribution in [3.8, 4) is 17.2 Å². The number of thioether (sulfide) groups is 1. The Morgan fingerprint density at radius 1 is 1.10 bits per heavy atom. The molecule has 156 valence electrons. The summed E-state index contributed by atoms with van der Waals surface area (Å²) in [5.74, 6) is 1.37. The second-order valence-electron chi connectivity index (χ2n) is 6.18. The van der Waals surface area contributed by atoms with E-state index in [-0.39, 0.29) is 12.0 Å². The van der Waals surface area contributed by atoms with Crippen LogP contribution in [0.15, 0.2) is 36.4 Å². The van der Waals surface area contributed by atoms with Crippen LogP contribution in [-0.4, -0.2) is 42.7 Å². The summed E-state index contributed by atoms with van der Waals surface area (Å²) < 4.78 is 17.1. The molecule has 0 bridgehead atoms. The van der Waals surface area contributed by atoms with Crippen LogP contribution in [0.5, 0.6) is 17.2 Å². The van der Waals surface area contributed by atoms with Crippen molar-refractivity contribution in [3.63, 3.8) is 0 Å². The number of benzene rings is 2. The molecule has 1 heterocycles. The molecule has 2 aromatic carbocycles.